The maximum absolute atomic E-state index is 13.2. The second kappa shape index (κ2) is 13.5. The van der Waals surface area contributed by atoms with Crippen LogP contribution in [-0.2, 0) is 0 Å². The lowest BCUT2D eigenvalue weighted by Crippen LogP contribution is -2.14. The van der Waals surface area contributed by atoms with Crippen molar-refractivity contribution in [3.8, 4) is 0 Å². The second-order valence-electron chi connectivity index (χ2n) is 8.53. The summed E-state index contributed by atoms with van der Waals surface area (Å²) in [6.45, 7) is 2.26. The maximum Gasteiger partial charge on any atom is 0.164 e. The average Bonchev–Trinajstić information content (AvgIpc) is 2.85. The highest BCUT2D eigenvalue weighted by Crippen LogP contribution is 2.36. The number of ketones is 1. The molecule has 0 amide bonds. The fourth-order valence-electron chi connectivity index (χ4n) is 4.22. The molecule has 0 bridgehead atoms. The van der Waals surface area contributed by atoms with Gasteiger partial charge >= 0.3 is 0 Å². The van der Waals surface area contributed by atoms with E-state index in [1.165, 1.54) is 44.9 Å². The van der Waals surface area contributed by atoms with Crippen LogP contribution in [0.15, 0.2) is 84.9 Å². The smallest absolute Gasteiger partial charge is 0.164 e. The molecular weight excluding hydrogens is 390 g/mol. The van der Waals surface area contributed by atoms with Crippen LogP contribution in [0.25, 0.3) is 0 Å². The molecule has 0 fully saturated rings. The minimum absolute atomic E-state index is 0.236. The molecule has 2 nitrogen and oxygen atoms in total. The van der Waals surface area contributed by atoms with Gasteiger partial charge in [0.25, 0.3) is 0 Å². The van der Waals surface area contributed by atoms with E-state index in [-0.39, 0.29) is 5.78 Å². The Bertz CT molecular complexity index is 880. The summed E-state index contributed by atoms with van der Waals surface area (Å²) in [5, 5.41) is 0. The van der Waals surface area contributed by atoms with Crippen LogP contribution in [-0.4, -0.2) is 5.78 Å². The summed E-state index contributed by atoms with van der Waals surface area (Å²) in [6, 6.07) is 28.6. The normalized spacial score (nSPS) is 10.8. The van der Waals surface area contributed by atoms with E-state index in [4.69, 9.17) is 0 Å². The lowest BCUT2D eigenvalue weighted by Gasteiger charge is -2.27. The number of carbonyl (C=O) groups is 1. The Morgan fingerprint density at radius 2 is 1.06 bits per heavy atom. The number of Topliss-reactive ketones (excluding diaryl/α,β-unsaturated/α-hetero) is 1. The standard InChI is InChI=1S/C30H37NO/c1-2-3-4-5-6-7-8-9-16-25-30(32)28-23-17-18-24-29(28)31(26-19-12-10-13-20-26)27-21-14-11-15-22-27/h10-15,17-24H,2-9,16,25H2,1H3. The van der Waals surface area contributed by atoms with Gasteiger partial charge in [-0.25, -0.2) is 0 Å². The van der Waals surface area contributed by atoms with Gasteiger partial charge in [0.05, 0.1) is 5.69 Å². The van der Waals surface area contributed by atoms with E-state index >= 15 is 0 Å². The maximum atomic E-state index is 13.2. The predicted octanol–water partition coefficient (Wildman–Crippen LogP) is 9.26. The quantitative estimate of drug-likeness (QED) is 0.189. The fraction of sp³-hybridized carbons (Fsp3) is 0.367. The van der Waals surface area contributed by atoms with E-state index in [1.54, 1.807) is 0 Å². The summed E-state index contributed by atoms with van der Waals surface area (Å²) in [5.74, 6) is 0.236. The monoisotopic (exact) mass is 427 g/mol. The van der Waals surface area contributed by atoms with Crippen molar-refractivity contribution in [2.24, 2.45) is 0 Å². The van der Waals surface area contributed by atoms with Crippen LogP contribution in [0.4, 0.5) is 17.1 Å². The molecule has 3 aromatic carbocycles. The van der Waals surface area contributed by atoms with Crippen LogP contribution < -0.4 is 4.90 Å². The highest BCUT2D eigenvalue weighted by Gasteiger charge is 2.18. The lowest BCUT2D eigenvalue weighted by molar-refractivity contribution is 0.0979. The van der Waals surface area contributed by atoms with Crippen LogP contribution in [0.2, 0.25) is 0 Å². The van der Waals surface area contributed by atoms with Gasteiger partial charge in [0.15, 0.2) is 5.78 Å². The summed E-state index contributed by atoms with van der Waals surface area (Å²) in [5.41, 5.74) is 3.87. The zero-order valence-electron chi connectivity index (χ0n) is 19.5. The van der Waals surface area contributed by atoms with Gasteiger partial charge in [0.1, 0.15) is 0 Å². The van der Waals surface area contributed by atoms with Crippen LogP contribution in [0.5, 0.6) is 0 Å². The number of hydrogen-bond acceptors (Lipinski definition) is 2. The lowest BCUT2D eigenvalue weighted by atomic mass is 10.0. The van der Waals surface area contributed by atoms with Gasteiger partial charge < -0.3 is 4.90 Å². The van der Waals surface area contributed by atoms with Gasteiger partial charge in [-0.05, 0) is 42.8 Å². The molecule has 0 unspecified atom stereocenters. The summed E-state index contributed by atoms with van der Waals surface area (Å²) in [6.07, 6.45) is 12.0. The number of hydrogen-bond donors (Lipinski definition) is 0. The van der Waals surface area contributed by atoms with Crippen molar-refractivity contribution < 1.29 is 4.79 Å². The number of para-hydroxylation sites is 3. The molecule has 32 heavy (non-hydrogen) atoms. The van der Waals surface area contributed by atoms with E-state index in [2.05, 4.69) is 42.2 Å². The van der Waals surface area contributed by atoms with Crippen molar-refractivity contribution in [3.05, 3.63) is 90.5 Å². The van der Waals surface area contributed by atoms with Gasteiger partial charge in [0.2, 0.25) is 0 Å². The third kappa shape index (κ3) is 7.09. The molecule has 0 aliphatic carbocycles. The number of nitrogens with zero attached hydrogens (tertiary/aromatic N) is 1. The molecule has 0 saturated heterocycles. The first kappa shape index (κ1) is 23.8. The Labute approximate surface area is 194 Å². The van der Waals surface area contributed by atoms with Gasteiger partial charge in [-0.1, -0.05) is 107 Å². The Balaban J connectivity index is 1.65. The zero-order valence-corrected chi connectivity index (χ0v) is 19.5. The highest BCUT2D eigenvalue weighted by molar-refractivity contribution is 6.03. The first-order chi connectivity index (χ1) is 15.8. The molecule has 0 aliphatic heterocycles. The third-order valence-electron chi connectivity index (χ3n) is 5.98. The molecule has 0 aliphatic rings. The Kier molecular flexibility index (Phi) is 10.1. The van der Waals surface area contributed by atoms with Crippen molar-refractivity contribution in [3.63, 3.8) is 0 Å². The minimum Gasteiger partial charge on any atom is -0.310 e. The Morgan fingerprint density at radius 3 is 1.62 bits per heavy atom. The van der Waals surface area contributed by atoms with Crippen LogP contribution in [0.1, 0.15) is 81.5 Å². The summed E-state index contributed by atoms with van der Waals surface area (Å²) < 4.78 is 0. The summed E-state index contributed by atoms with van der Waals surface area (Å²) in [4.78, 5) is 15.4. The molecule has 0 radical (unpaired) electrons. The molecule has 0 atom stereocenters. The predicted molar refractivity (Wildman–Crippen MR) is 137 cm³/mol. The molecule has 2 heteroatoms. The highest BCUT2D eigenvalue weighted by atomic mass is 16.1. The zero-order chi connectivity index (χ0) is 22.4. The molecule has 0 aromatic heterocycles. The largest absolute Gasteiger partial charge is 0.310 e. The fourth-order valence-corrected chi connectivity index (χ4v) is 4.22. The molecule has 0 spiro atoms. The molecular formula is C30H37NO. The SMILES string of the molecule is CCCCCCCCCCCC(=O)c1ccccc1N(c1ccccc1)c1ccccc1. The topological polar surface area (TPSA) is 20.3 Å². The van der Waals surface area contributed by atoms with Gasteiger partial charge in [-0.2, -0.15) is 0 Å². The van der Waals surface area contributed by atoms with E-state index in [9.17, 15) is 4.79 Å². The summed E-state index contributed by atoms with van der Waals surface area (Å²) >= 11 is 0. The van der Waals surface area contributed by atoms with Crippen molar-refractivity contribution >= 4 is 22.8 Å². The molecule has 0 saturated carbocycles. The average molecular weight is 428 g/mol. The number of unbranched alkanes of at least 4 members (excludes halogenated alkanes) is 8. The summed E-state index contributed by atoms with van der Waals surface area (Å²) in [7, 11) is 0. The number of carbonyl (C=O) groups excluding carboxylic acids is 1. The van der Waals surface area contributed by atoms with Gasteiger partial charge in [-0.3, -0.25) is 4.79 Å². The van der Waals surface area contributed by atoms with Crippen molar-refractivity contribution in [2.45, 2.75) is 71.1 Å². The number of rotatable bonds is 14. The number of anilines is 3. The molecule has 168 valence electrons. The van der Waals surface area contributed by atoms with E-state index in [0.717, 1.165) is 35.5 Å². The van der Waals surface area contributed by atoms with Gasteiger partial charge in [-0.15, -0.1) is 0 Å². The van der Waals surface area contributed by atoms with Crippen LogP contribution in [0, 0.1) is 0 Å². The van der Waals surface area contributed by atoms with Gasteiger partial charge in [0, 0.05) is 23.4 Å². The number of benzene rings is 3. The van der Waals surface area contributed by atoms with Crippen LogP contribution >= 0.6 is 0 Å². The van der Waals surface area contributed by atoms with E-state index in [0.29, 0.717) is 6.42 Å². The van der Waals surface area contributed by atoms with Crippen molar-refractivity contribution in [1.29, 1.82) is 0 Å². The first-order valence-corrected chi connectivity index (χ1v) is 12.3. The minimum atomic E-state index is 0.236. The molecule has 0 heterocycles. The van der Waals surface area contributed by atoms with E-state index < -0.39 is 0 Å². The molecule has 3 aromatic rings. The second-order valence-corrected chi connectivity index (χ2v) is 8.53. The van der Waals surface area contributed by atoms with Crippen LogP contribution in [0.3, 0.4) is 0 Å². The molecule has 0 N–H and O–H groups in total. The van der Waals surface area contributed by atoms with Crippen molar-refractivity contribution in [2.75, 3.05) is 4.90 Å². The Hall–Kier alpha value is -2.87. The third-order valence-corrected chi connectivity index (χ3v) is 5.98. The molecule has 3 rings (SSSR count). The van der Waals surface area contributed by atoms with Crippen molar-refractivity contribution in [1.82, 2.24) is 0 Å². The first-order valence-electron chi connectivity index (χ1n) is 12.3. The van der Waals surface area contributed by atoms with E-state index in [1.807, 2.05) is 54.6 Å². The Morgan fingerprint density at radius 1 is 0.594 bits per heavy atom.